The molecule has 0 atom stereocenters. The van der Waals surface area contributed by atoms with Gasteiger partial charge in [0.1, 0.15) is 0 Å². The first-order valence-electron chi connectivity index (χ1n) is 4.57. The van der Waals surface area contributed by atoms with Crippen molar-refractivity contribution in [1.82, 2.24) is 4.90 Å². The highest BCUT2D eigenvalue weighted by molar-refractivity contribution is 4.55. The van der Waals surface area contributed by atoms with Crippen LogP contribution in [0.5, 0.6) is 0 Å². The van der Waals surface area contributed by atoms with Crippen LogP contribution in [-0.4, -0.2) is 66.1 Å². The molecule has 0 aliphatic rings. The summed E-state index contributed by atoms with van der Waals surface area (Å²) in [7, 11) is 6.56. The third-order valence-corrected chi connectivity index (χ3v) is 1.87. The lowest BCUT2D eigenvalue weighted by Crippen LogP contribution is -2.42. The Labute approximate surface area is 85.9 Å². The highest BCUT2D eigenvalue weighted by Gasteiger charge is 2.16. The average Bonchev–Trinajstić information content (AvgIpc) is 2.22. The Hall–Kier alpha value is -0.200. The zero-order valence-electron chi connectivity index (χ0n) is 9.49. The van der Waals surface area contributed by atoms with Gasteiger partial charge in [0.25, 0.3) is 0 Å². The second kappa shape index (κ2) is 9.36. The van der Waals surface area contributed by atoms with E-state index < -0.39 is 0 Å². The van der Waals surface area contributed by atoms with Crippen molar-refractivity contribution in [3.05, 3.63) is 0 Å². The Morgan fingerprint density at radius 1 is 0.857 bits per heavy atom. The molecule has 0 saturated heterocycles. The topological polar surface area (TPSA) is 40.2 Å². The minimum Gasteiger partial charge on any atom is -0.383 e. The Bertz CT molecular complexity index is 111. The van der Waals surface area contributed by atoms with Crippen LogP contribution < -0.4 is 0 Å². The van der Waals surface area contributed by atoms with Gasteiger partial charge in [0.05, 0.1) is 13.2 Å². The fourth-order valence-electron chi connectivity index (χ4n) is 1.13. The van der Waals surface area contributed by atoms with Gasteiger partial charge in [-0.1, -0.05) is 0 Å². The Kier molecular flexibility index (Phi) is 9.23. The van der Waals surface area contributed by atoms with E-state index in [0.29, 0.717) is 13.2 Å². The summed E-state index contributed by atoms with van der Waals surface area (Å²) in [6.45, 7) is 2.80. The molecule has 0 aliphatic carbocycles. The molecule has 0 aromatic rings. The smallest absolute Gasteiger partial charge is 0.218 e. The third-order valence-electron chi connectivity index (χ3n) is 1.87. The molecule has 0 amide bonds. The van der Waals surface area contributed by atoms with Crippen molar-refractivity contribution in [2.45, 2.75) is 6.41 Å². The summed E-state index contributed by atoms with van der Waals surface area (Å²) in [6, 6.07) is 0. The Morgan fingerprint density at radius 3 is 1.57 bits per heavy atom. The maximum atomic E-state index is 5.15. The zero-order chi connectivity index (χ0) is 10.8. The molecule has 14 heavy (non-hydrogen) atoms. The number of ether oxygens (including phenoxy) is 4. The SMILES string of the molecule is COCCN(CCOC)C(OC)OC. The normalized spacial score (nSPS) is 11.6. The number of rotatable bonds is 9. The number of nitrogens with zero attached hydrogens (tertiary/aromatic N) is 1. The van der Waals surface area contributed by atoms with Gasteiger partial charge in [-0.3, -0.25) is 4.90 Å². The summed E-state index contributed by atoms with van der Waals surface area (Å²) in [4.78, 5) is 2.01. The second-order valence-electron chi connectivity index (χ2n) is 2.80. The van der Waals surface area contributed by atoms with Gasteiger partial charge in [0, 0.05) is 41.5 Å². The summed E-state index contributed by atoms with van der Waals surface area (Å²) < 4.78 is 20.3. The largest absolute Gasteiger partial charge is 0.383 e. The monoisotopic (exact) mass is 207 g/mol. The van der Waals surface area contributed by atoms with Gasteiger partial charge in [-0.15, -0.1) is 0 Å². The van der Waals surface area contributed by atoms with E-state index in [1.54, 1.807) is 28.4 Å². The molecule has 0 unspecified atom stereocenters. The fourth-order valence-corrected chi connectivity index (χ4v) is 1.13. The van der Waals surface area contributed by atoms with E-state index in [9.17, 15) is 0 Å². The first-order chi connectivity index (χ1) is 6.79. The summed E-state index contributed by atoms with van der Waals surface area (Å²) in [5.74, 6) is 0. The standard InChI is InChI=1S/C9H21NO4/c1-11-7-5-10(6-8-12-2)9(13-3)14-4/h9H,5-8H2,1-4H3. The first kappa shape index (κ1) is 13.8. The van der Waals surface area contributed by atoms with Crippen molar-refractivity contribution >= 4 is 0 Å². The molecule has 86 valence electrons. The molecule has 0 fully saturated rings. The molecule has 5 nitrogen and oxygen atoms in total. The van der Waals surface area contributed by atoms with E-state index >= 15 is 0 Å². The number of hydrogen-bond acceptors (Lipinski definition) is 5. The lowest BCUT2D eigenvalue weighted by atomic mass is 10.5. The fraction of sp³-hybridized carbons (Fsp3) is 1.00. The van der Waals surface area contributed by atoms with E-state index in [0.717, 1.165) is 13.1 Å². The maximum absolute atomic E-state index is 5.15. The van der Waals surface area contributed by atoms with Gasteiger partial charge < -0.3 is 18.9 Å². The Morgan fingerprint density at radius 2 is 1.29 bits per heavy atom. The van der Waals surface area contributed by atoms with E-state index in [2.05, 4.69) is 0 Å². The molecule has 0 aliphatic heterocycles. The van der Waals surface area contributed by atoms with Crippen LogP contribution in [0.15, 0.2) is 0 Å². The third kappa shape index (κ3) is 5.51. The predicted octanol–water partition coefficient (Wildman–Crippen LogP) is 0.158. The molecule has 0 N–H and O–H groups in total. The lowest BCUT2D eigenvalue weighted by molar-refractivity contribution is -0.200. The molecule has 0 spiro atoms. The van der Waals surface area contributed by atoms with E-state index in [-0.39, 0.29) is 6.41 Å². The highest BCUT2D eigenvalue weighted by atomic mass is 16.7. The molecule has 0 aromatic carbocycles. The van der Waals surface area contributed by atoms with Gasteiger partial charge >= 0.3 is 0 Å². The van der Waals surface area contributed by atoms with Crippen molar-refractivity contribution in [2.24, 2.45) is 0 Å². The molecule has 0 rings (SSSR count). The number of hydrogen-bond donors (Lipinski definition) is 0. The molecule has 0 radical (unpaired) electrons. The predicted molar refractivity (Wildman–Crippen MR) is 53.1 cm³/mol. The van der Waals surface area contributed by atoms with Crippen LogP contribution in [0.1, 0.15) is 0 Å². The lowest BCUT2D eigenvalue weighted by Gasteiger charge is -2.28. The van der Waals surface area contributed by atoms with Crippen LogP contribution in [-0.2, 0) is 18.9 Å². The molecule has 5 heteroatoms. The summed E-state index contributed by atoms with van der Waals surface area (Å²) in [6.07, 6.45) is -0.333. The first-order valence-corrected chi connectivity index (χ1v) is 4.57. The van der Waals surface area contributed by atoms with E-state index in [1.807, 2.05) is 4.90 Å². The van der Waals surface area contributed by atoms with Crippen LogP contribution in [0.2, 0.25) is 0 Å². The summed E-state index contributed by atoms with van der Waals surface area (Å²) in [5.41, 5.74) is 0. The summed E-state index contributed by atoms with van der Waals surface area (Å²) >= 11 is 0. The van der Waals surface area contributed by atoms with Crippen molar-refractivity contribution in [3.8, 4) is 0 Å². The Balaban J connectivity index is 3.92. The van der Waals surface area contributed by atoms with Crippen LogP contribution >= 0.6 is 0 Å². The van der Waals surface area contributed by atoms with Crippen molar-refractivity contribution in [1.29, 1.82) is 0 Å². The molecular weight excluding hydrogens is 186 g/mol. The van der Waals surface area contributed by atoms with Crippen molar-refractivity contribution < 1.29 is 18.9 Å². The van der Waals surface area contributed by atoms with Crippen molar-refractivity contribution in [3.63, 3.8) is 0 Å². The zero-order valence-corrected chi connectivity index (χ0v) is 9.49. The van der Waals surface area contributed by atoms with Gasteiger partial charge in [-0.05, 0) is 0 Å². The minimum atomic E-state index is -0.333. The van der Waals surface area contributed by atoms with Crippen molar-refractivity contribution in [2.75, 3.05) is 54.7 Å². The van der Waals surface area contributed by atoms with E-state index in [1.165, 1.54) is 0 Å². The maximum Gasteiger partial charge on any atom is 0.218 e. The van der Waals surface area contributed by atoms with Crippen LogP contribution in [0.4, 0.5) is 0 Å². The highest BCUT2D eigenvalue weighted by Crippen LogP contribution is 2.00. The van der Waals surface area contributed by atoms with Crippen LogP contribution in [0.3, 0.4) is 0 Å². The molecule has 0 aromatic heterocycles. The van der Waals surface area contributed by atoms with Gasteiger partial charge in [-0.25, -0.2) is 0 Å². The molecular formula is C9H21NO4. The van der Waals surface area contributed by atoms with Gasteiger partial charge in [0.2, 0.25) is 6.41 Å². The van der Waals surface area contributed by atoms with E-state index in [4.69, 9.17) is 18.9 Å². The van der Waals surface area contributed by atoms with Crippen LogP contribution in [0, 0.1) is 0 Å². The molecule has 0 heterocycles. The minimum absolute atomic E-state index is 0.333. The quantitative estimate of drug-likeness (QED) is 0.504. The second-order valence-corrected chi connectivity index (χ2v) is 2.80. The summed E-state index contributed by atoms with van der Waals surface area (Å²) in [5, 5.41) is 0. The average molecular weight is 207 g/mol. The number of methoxy groups -OCH3 is 4. The van der Waals surface area contributed by atoms with Crippen LogP contribution in [0.25, 0.3) is 0 Å². The van der Waals surface area contributed by atoms with Gasteiger partial charge in [-0.2, -0.15) is 0 Å². The molecule has 0 saturated carbocycles. The van der Waals surface area contributed by atoms with Gasteiger partial charge in [0.15, 0.2) is 0 Å². The molecule has 0 bridgehead atoms.